The molecular weight excluding hydrogens is 364 g/mol. The number of aromatic amines is 1. The van der Waals surface area contributed by atoms with Crippen molar-refractivity contribution in [3.63, 3.8) is 0 Å². The van der Waals surface area contributed by atoms with Crippen LogP contribution in [-0.4, -0.2) is 45.1 Å². The summed E-state index contributed by atoms with van der Waals surface area (Å²) in [6.07, 6.45) is 1.94. The lowest BCUT2D eigenvalue weighted by molar-refractivity contribution is -0.133. The number of aryl methyl sites for hydroxylation is 1. The molecular formula is C23H26N4O2. The molecule has 1 aromatic heterocycles. The number of piperidine rings is 1. The van der Waals surface area contributed by atoms with Crippen LogP contribution in [0.5, 0.6) is 0 Å². The Morgan fingerprint density at radius 3 is 2.69 bits per heavy atom. The molecule has 2 heterocycles. The second-order valence-electron chi connectivity index (χ2n) is 8.30. The molecule has 1 saturated heterocycles. The molecule has 6 heteroatoms. The van der Waals surface area contributed by atoms with E-state index < -0.39 is 6.10 Å². The molecule has 5 rings (SSSR count). The first-order valence-corrected chi connectivity index (χ1v) is 10.3. The Kier molecular flexibility index (Phi) is 4.41. The van der Waals surface area contributed by atoms with Gasteiger partial charge in [0.1, 0.15) is 5.82 Å². The number of hydrogen-bond donors (Lipinski definition) is 3. The zero-order valence-electron chi connectivity index (χ0n) is 16.3. The van der Waals surface area contributed by atoms with Gasteiger partial charge in [-0.15, -0.1) is 0 Å². The fraction of sp³-hybridized carbons (Fsp3) is 0.391. The number of fused-ring (bicyclic) bond motifs is 3. The van der Waals surface area contributed by atoms with Gasteiger partial charge in [0.2, 0.25) is 5.91 Å². The standard InChI is InChI=1S/C23H26N4O2/c24-21-15-5-1-2-6-16(15)23(22(21)29)11-13-27(14-12-23)20(28)10-9-19-25-17-7-3-4-8-18(17)26-19/h1-8,21-22,29H,9-14,24H2,(H,25,26)/t21-,22+/m1/s1. The second kappa shape index (κ2) is 6.97. The van der Waals surface area contributed by atoms with Gasteiger partial charge in [-0.25, -0.2) is 4.98 Å². The van der Waals surface area contributed by atoms with E-state index in [0.717, 1.165) is 40.8 Å². The van der Waals surface area contributed by atoms with E-state index in [2.05, 4.69) is 16.0 Å². The van der Waals surface area contributed by atoms with E-state index >= 15 is 0 Å². The van der Waals surface area contributed by atoms with Gasteiger partial charge in [0.05, 0.1) is 23.2 Å². The lowest BCUT2D eigenvalue weighted by Crippen LogP contribution is -2.50. The maximum absolute atomic E-state index is 12.8. The maximum atomic E-state index is 12.8. The average molecular weight is 390 g/mol. The smallest absolute Gasteiger partial charge is 0.223 e. The predicted octanol–water partition coefficient (Wildman–Crippen LogP) is 2.43. The first-order valence-electron chi connectivity index (χ1n) is 10.3. The highest BCUT2D eigenvalue weighted by atomic mass is 16.3. The predicted molar refractivity (Wildman–Crippen MR) is 111 cm³/mol. The number of likely N-dealkylation sites (tertiary alicyclic amines) is 1. The number of carbonyl (C=O) groups is 1. The number of carbonyl (C=O) groups excluding carboxylic acids is 1. The molecule has 1 spiro atoms. The largest absolute Gasteiger partial charge is 0.390 e. The van der Waals surface area contributed by atoms with E-state index in [-0.39, 0.29) is 17.4 Å². The second-order valence-corrected chi connectivity index (χ2v) is 8.30. The monoisotopic (exact) mass is 390 g/mol. The molecule has 4 N–H and O–H groups in total. The summed E-state index contributed by atoms with van der Waals surface area (Å²) in [6, 6.07) is 15.6. The minimum Gasteiger partial charge on any atom is -0.390 e. The number of aliphatic hydroxyl groups excluding tert-OH is 1. The highest BCUT2D eigenvalue weighted by Crippen LogP contribution is 2.50. The molecule has 1 amide bonds. The van der Waals surface area contributed by atoms with Gasteiger partial charge in [-0.1, -0.05) is 36.4 Å². The number of rotatable bonds is 3. The van der Waals surface area contributed by atoms with Crippen LogP contribution in [0.25, 0.3) is 11.0 Å². The molecule has 2 aromatic carbocycles. The van der Waals surface area contributed by atoms with Gasteiger partial charge in [0, 0.05) is 31.3 Å². The Morgan fingerprint density at radius 2 is 1.90 bits per heavy atom. The SMILES string of the molecule is N[C@@H]1c2ccccc2C2(CCN(C(=O)CCc3nc4ccccc4[nH]3)CC2)[C@H]1O. The van der Waals surface area contributed by atoms with Crippen LogP contribution in [0.1, 0.15) is 42.3 Å². The van der Waals surface area contributed by atoms with Crippen LogP contribution in [0.3, 0.4) is 0 Å². The van der Waals surface area contributed by atoms with Crippen molar-refractivity contribution in [3.05, 3.63) is 65.5 Å². The third kappa shape index (κ3) is 2.94. The molecule has 1 aliphatic heterocycles. The molecule has 0 bridgehead atoms. The lowest BCUT2D eigenvalue weighted by Gasteiger charge is -2.42. The number of nitrogens with two attached hydrogens (primary N) is 1. The van der Waals surface area contributed by atoms with Crippen LogP contribution >= 0.6 is 0 Å². The highest BCUT2D eigenvalue weighted by Gasteiger charge is 2.51. The summed E-state index contributed by atoms with van der Waals surface area (Å²) in [6.45, 7) is 1.30. The summed E-state index contributed by atoms with van der Waals surface area (Å²) in [5.74, 6) is 0.990. The molecule has 1 aliphatic carbocycles. The number of amides is 1. The molecule has 0 radical (unpaired) electrons. The third-order valence-electron chi connectivity index (χ3n) is 6.79. The first-order chi connectivity index (χ1) is 14.1. The molecule has 150 valence electrons. The van der Waals surface area contributed by atoms with Crippen molar-refractivity contribution in [1.29, 1.82) is 0 Å². The van der Waals surface area contributed by atoms with E-state index in [0.29, 0.717) is 25.9 Å². The summed E-state index contributed by atoms with van der Waals surface area (Å²) < 4.78 is 0. The highest BCUT2D eigenvalue weighted by molar-refractivity contribution is 5.77. The molecule has 3 aromatic rings. The van der Waals surface area contributed by atoms with Crippen LogP contribution in [-0.2, 0) is 16.6 Å². The van der Waals surface area contributed by atoms with Gasteiger partial charge in [0.25, 0.3) is 0 Å². The minimum atomic E-state index is -0.590. The van der Waals surface area contributed by atoms with E-state index in [1.54, 1.807) is 0 Å². The Labute approximate surface area is 169 Å². The van der Waals surface area contributed by atoms with E-state index in [1.807, 2.05) is 47.4 Å². The number of imidazole rings is 1. The number of hydrogen-bond acceptors (Lipinski definition) is 4. The molecule has 2 atom stereocenters. The summed E-state index contributed by atoms with van der Waals surface area (Å²) in [5.41, 5.74) is 10.1. The quantitative estimate of drug-likeness (QED) is 0.640. The van der Waals surface area contributed by atoms with Gasteiger partial charge >= 0.3 is 0 Å². The van der Waals surface area contributed by atoms with Crippen molar-refractivity contribution in [2.45, 2.75) is 43.2 Å². The van der Waals surface area contributed by atoms with Crippen molar-refractivity contribution in [2.24, 2.45) is 5.73 Å². The topological polar surface area (TPSA) is 95.2 Å². The number of para-hydroxylation sites is 2. The number of aliphatic hydroxyl groups is 1. The number of aromatic nitrogens is 2. The van der Waals surface area contributed by atoms with Crippen molar-refractivity contribution in [1.82, 2.24) is 14.9 Å². The zero-order valence-corrected chi connectivity index (χ0v) is 16.3. The van der Waals surface area contributed by atoms with Gasteiger partial charge in [-0.3, -0.25) is 4.79 Å². The minimum absolute atomic E-state index is 0.144. The fourth-order valence-electron chi connectivity index (χ4n) is 5.14. The van der Waals surface area contributed by atoms with Crippen LogP contribution in [0.4, 0.5) is 0 Å². The van der Waals surface area contributed by atoms with Gasteiger partial charge in [-0.05, 0) is 36.1 Å². The number of nitrogens with zero attached hydrogens (tertiary/aromatic N) is 2. The van der Waals surface area contributed by atoms with E-state index in [9.17, 15) is 9.90 Å². The van der Waals surface area contributed by atoms with Crippen LogP contribution in [0.2, 0.25) is 0 Å². The summed E-state index contributed by atoms with van der Waals surface area (Å²) in [7, 11) is 0. The number of H-pyrrole nitrogens is 1. The first kappa shape index (κ1) is 18.3. The Hall–Kier alpha value is -2.70. The van der Waals surface area contributed by atoms with Crippen molar-refractivity contribution in [2.75, 3.05) is 13.1 Å². The normalized spacial score (nSPS) is 22.9. The Bertz CT molecular complexity index is 1020. The fourth-order valence-corrected chi connectivity index (χ4v) is 5.14. The van der Waals surface area contributed by atoms with E-state index in [1.165, 1.54) is 0 Å². The molecule has 2 aliphatic rings. The molecule has 0 saturated carbocycles. The molecule has 1 fully saturated rings. The van der Waals surface area contributed by atoms with Crippen molar-refractivity contribution >= 4 is 16.9 Å². The Morgan fingerprint density at radius 1 is 1.17 bits per heavy atom. The molecule has 6 nitrogen and oxygen atoms in total. The van der Waals surface area contributed by atoms with Crippen LogP contribution in [0.15, 0.2) is 48.5 Å². The van der Waals surface area contributed by atoms with Gasteiger partial charge in [0.15, 0.2) is 0 Å². The number of nitrogens with one attached hydrogen (secondary N) is 1. The van der Waals surface area contributed by atoms with Gasteiger partial charge in [-0.2, -0.15) is 0 Å². The van der Waals surface area contributed by atoms with Crippen molar-refractivity contribution in [3.8, 4) is 0 Å². The Balaban J connectivity index is 1.24. The van der Waals surface area contributed by atoms with Crippen molar-refractivity contribution < 1.29 is 9.90 Å². The molecule has 29 heavy (non-hydrogen) atoms. The zero-order chi connectivity index (χ0) is 20.0. The average Bonchev–Trinajstić information content (AvgIpc) is 3.27. The van der Waals surface area contributed by atoms with Crippen LogP contribution < -0.4 is 5.73 Å². The summed E-state index contributed by atoms with van der Waals surface area (Å²) in [4.78, 5) is 22.5. The number of benzene rings is 2. The lowest BCUT2D eigenvalue weighted by atomic mass is 9.72. The summed E-state index contributed by atoms with van der Waals surface area (Å²) >= 11 is 0. The molecule has 0 unspecified atom stereocenters. The van der Waals surface area contributed by atoms with Crippen LogP contribution in [0, 0.1) is 0 Å². The van der Waals surface area contributed by atoms with E-state index in [4.69, 9.17) is 5.73 Å². The third-order valence-corrected chi connectivity index (χ3v) is 6.79. The maximum Gasteiger partial charge on any atom is 0.223 e. The van der Waals surface area contributed by atoms with Gasteiger partial charge < -0.3 is 20.7 Å². The summed E-state index contributed by atoms with van der Waals surface area (Å²) in [5, 5.41) is 10.9.